The molecule has 8 heteroatoms. The molecule has 1 heterocycles. The first-order valence-corrected chi connectivity index (χ1v) is 15.7. The first-order chi connectivity index (χ1) is 18.6. The highest BCUT2D eigenvalue weighted by Gasteiger charge is 2.35. The molecule has 0 radical (unpaired) electrons. The molecule has 39 heavy (non-hydrogen) atoms. The summed E-state index contributed by atoms with van der Waals surface area (Å²) in [4.78, 5) is 15.3. The standard InChI is InChI=1S/C31H45N3O4S/c1-22-17-23(2)31(24(3)18-22)39(36,37)34-16-15-28(20-34)38-21-29(35)32-19-25-11-13-27(14-12-25)30(33(4)5)26-9-7-6-8-10-26/h6-10,17-18,25,27-28,30H,11-16,19-21H2,1-5H3,(H,32,35). The Morgan fingerprint density at radius 1 is 1.03 bits per heavy atom. The van der Waals surface area contributed by atoms with E-state index in [0.717, 1.165) is 42.4 Å². The fourth-order valence-corrected chi connectivity index (χ4v) is 8.51. The van der Waals surface area contributed by atoms with Crippen LogP contribution in [-0.2, 0) is 19.6 Å². The second kappa shape index (κ2) is 12.9. The second-order valence-corrected chi connectivity index (χ2v) is 13.6. The first kappa shape index (κ1) is 29.7. The van der Waals surface area contributed by atoms with Crippen molar-refractivity contribution in [3.05, 3.63) is 64.7 Å². The molecule has 2 unspecified atom stereocenters. The molecule has 2 aliphatic rings. The lowest BCUT2D eigenvalue weighted by Crippen LogP contribution is -2.37. The quantitative estimate of drug-likeness (QED) is 0.463. The largest absolute Gasteiger partial charge is 0.367 e. The third-order valence-electron chi connectivity index (χ3n) is 8.38. The van der Waals surface area contributed by atoms with Crippen LogP contribution in [0.15, 0.2) is 47.4 Å². The Kier molecular flexibility index (Phi) is 9.86. The lowest BCUT2D eigenvalue weighted by atomic mass is 9.76. The van der Waals surface area contributed by atoms with E-state index in [1.54, 1.807) is 0 Å². The van der Waals surface area contributed by atoms with Crippen LogP contribution in [0.2, 0.25) is 0 Å². The van der Waals surface area contributed by atoms with Crippen LogP contribution < -0.4 is 5.32 Å². The summed E-state index contributed by atoms with van der Waals surface area (Å²) >= 11 is 0. The molecular weight excluding hydrogens is 510 g/mol. The van der Waals surface area contributed by atoms with E-state index in [9.17, 15) is 13.2 Å². The molecule has 1 N–H and O–H groups in total. The van der Waals surface area contributed by atoms with Crippen molar-refractivity contribution >= 4 is 15.9 Å². The van der Waals surface area contributed by atoms with Gasteiger partial charge in [0.1, 0.15) is 6.61 Å². The summed E-state index contributed by atoms with van der Waals surface area (Å²) in [7, 11) is 0.723. The van der Waals surface area contributed by atoms with E-state index in [-0.39, 0.29) is 25.2 Å². The van der Waals surface area contributed by atoms with Gasteiger partial charge in [-0.05, 0) is 95.5 Å². The molecule has 1 amide bonds. The van der Waals surface area contributed by atoms with Crippen LogP contribution in [0.25, 0.3) is 0 Å². The number of carbonyl (C=O) groups excluding carboxylic acids is 1. The molecule has 1 saturated heterocycles. The third-order valence-corrected chi connectivity index (χ3v) is 10.6. The second-order valence-electron chi connectivity index (χ2n) is 11.7. The minimum atomic E-state index is -3.60. The Morgan fingerprint density at radius 3 is 2.28 bits per heavy atom. The van der Waals surface area contributed by atoms with Crippen molar-refractivity contribution in [3.8, 4) is 0 Å². The van der Waals surface area contributed by atoms with Gasteiger partial charge in [0.05, 0.1) is 11.0 Å². The van der Waals surface area contributed by atoms with Gasteiger partial charge in [-0.1, -0.05) is 48.0 Å². The highest BCUT2D eigenvalue weighted by Crippen LogP contribution is 2.39. The Morgan fingerprint density at radius 2 is 1.67 bits per heavy atom. The first-order valence-electron chi connectivity index (χ1n) is 14.2. The molecule has 0 aromatic heterocycles. The van der Waals surface area contributed by atoms with Crippen LogP contribution in [-0.4, -0.2) is 70.0 Å². The van der Waals surface area contributed by atoms with Gasteiger partial charge in [-0.25, -0.2) is 8.42 Å². The van der Waals surface area contributed by atoms with Gasteiger partial charge in [0.25, 0.3) is 0 Å². The number of carbonyl (C=O) groups is 1. The number of ether oxygens (including phenoxy) is 1. The maximum absolute atomic E-state index is 13.3. The summed E-state index contributed by atoms with van der Waals surface area (Å²) in [6, 6.07) is 15.0. The molecule has 1 aliphatic carbocycles. The van der Waals surface area contributed by atoms with Gasteiger partial charge in [0, 0.05) is 25.7 Å². The summed E-state index contributed by atoms with van der Waals surface area (Å²) in [5, 5.41) is 3.06. The number of amides is 1. The topological polar surface area (TPSA) is 78.9 Å². The SMILES string of the molecule is Cc1cc(C)c(S(=O)(=O)N2CCC(OCC(=O)NCC3CCC(C(c4ccccc4)N(C)C)CC3)C2)c(C)c1. The number of benzene rings is 2. The molecule has 2 aromatic carbocycles. The predicted octanol–water partition coefficient (Wildman–Crippen LogP) is 4.62. The number of nitrogens with zero attached hydrogens (tertiary/aromatic N) is 2. The lowest BCUT2D eigenvalue weighted by molar-refractivity contribution is -0.127. The van der Waals surface area contributed by atoms with Crippen molar-refractivity contribution in [2.75, 3.05) is 40.3 Å². The van der Waals surface area contributed by atoms with E-state index in [0.29, 0.717) is 42.3 Å². The average molecular weight is 556 g/mol. The van der Waals surface area contributed by atoms with E-state index in [2.05, 4.69) is 54.6 Å². The number of nitrogens with one attached hydrogen (secondary N) is 1. The molecular formula is C31H45N3O4S. The van der Waals surface area contributed by atoms with Crippen molar-refractivity contribution in [2.24, 2.45) is 11.8 Å². The summed E-state index contributed by atoms with van der Waals surface area (Å²) in [5.74, 6) is 0.975. The number of hydrogen-bond donors (Lipinski definition) is 1. The van der Waals surface area contributed by atoms with E-state index < -0.39 is 10.0 Å². The molecule has 214 valence electrons. The maximum atomic E-state index is 13.3. The van der Waals surface area contributed by atoms with Gasteiger partial charge < -0.3 is 15.0 Å². The van der Waals surface area contributed by atoms with E-state index in [1.807, 2.05) is 32.9 Å². The fourth-order valence-electron chi connectivity index (χ4n) is 6.61. The van der Waals surface area contributed by atoms with E-state index >= 15 is 0 Å². The molecule has 1 aliphatic heterocycles. The number of hydrogen-bond acceptors (Lipinski definition) is 5. The molecule has 7 nitrogen and oxygen atoms in total. The molecule has 0 spiro atoms. The highest BCUT2D eigenvalue weighted by molar-refractivity contribution is 7.89. The van der Waals surface area contributed by atoms with Gasteiger partial charge >= 0.3 is 0 Å². The monoisotopic (exact) mass is 555 g/mol. The zero-order valence-electron chi connectivity index (χ0n) is 24.2. The molecule has 2 fully saturated rings. The van der Waals surface area contributed by atoms with Gasteiger partial charge in [0.15, 0.2) is 0 Å². The molecule has 2 aromatic rings. The average Bonchev–Trinajstić information content (AvgIpc) is 3.37. The smallest absolute Gasteiger partial charge is 0.246 e. The summed E-state index contributed by atoms with van der Waals surface area (Å²) in [6.07, 6.45) is 4.84. The minimum absolute atomic E-state index is 0.0345. The van der Waals surface area contributed by atoms with Crippen molar-refractivity contribution in [2.45, 2.75) is 69.9 Å². The Balaban J connectivity index is 1.20. The lowest BCUT2D eigenvalue weighted by Gasteiger charge is -2.37. The van der Waals surface area contributed by atoms with Gasteiger partial charge in [0.2, 0.25) is 15.9 Å². The van der Waals surface area contributed by atoms with Gasteiger partial charge in [-0.3, -0.25) is 4.79 Å². The van der Waals surface area contributed by atoms with Crippen molar-refractivity contribution in [3.63, 3.8) is 0 Å². The maximum Gasteiger partial charge on any atom is 0.246 e. The van der Waals surface area contributed by atoms with Gasteiger partial charge in [-0.15, -0.1) is 0 Å². The van der Waals surface area contributed by atoms with Crippen molar-refractivity contribution in [1.82, 2.24) is 14.5 Å². The van der Waals surface area contributed by atoms with Crippen LogP contribution in [0.3, 0.4) is 0 Å². The number of aryl methyl sites for hydroxylation is 3. The number of sulfonamides is 1. The Bertz CT molecular complexity index is 1200. The normalized spacial score (nSPS) is 23.2. The summed E-state index contributed by atoms with van der Waals surface area (Å²) < 4.78 is 34.0. The summed E-state index contributed by atoms with van der Waals surface area (Å²) in [6.45, 7) is 6.98. The fraction of sp³-hybridized carbons (Fsp3) is 0.581. The van der Waals surface area contributed by atoms with Crippen LogP contribution in [0.4, 0.5) is 0 Å². The van der Waals surface area contributed by atoms with Crippen LogP contribution in [0.5, 0.6) is 0 Å². The van der Waals surface area contributed by atoms with Crippen LogP contribution >= 0.6 is 0 Å². The zero-order valence-corrected chi connectivity index (χ0v) is 25.0. The van der Waals surface area contributed by atoms with Crippen molar-refractivity contribution < 1.29 is 17.9 Å². The molecule has 1 saturated carbocycles. The third kappa shape index (κ3) is 7.28. The minimum Gasteiger partial charge on any atom is -0.367 e. The van der Waals surface area contributed by atoms with Crippen LogP contribution in [0, 0.1) is 32.6 Å². The predicted molar refractivity (Wildman–Crippen MR) is 155 cm³/mol. The van der Waals surface area contributed by atoms with Crippen LogP contribution in [0.1, 0.15) is 60.4 Å². The zero-order chi connectivity index (χ0) is 28.2. The van der Waals surface area contributed by atoms with E-state index in [4.69, 9.17) is 4.74 Å². The molecule has 4 rings (SSSR count). The molecule has 2 atom stereocenters. The molecule has 0 bridgehead atoms. The van der Waals surface area contributed by atoms with E-state index in [1.165, 1.54) is 9.87 Å². The van der Waals surface area contributed by atoms with Gasteiger partial charge in [-0.2, -0.15) is 4.31 Å². The Hall–Kier alpha value is -2.26. The highest BCUT2D eigenvalue weighted by atomic mass is 32.2. The summed E-state index contributed by atoms with van der Waals surface area (Å²) in [5.41, 5.74) is 3.96. The Labute approximate surface area is 235 Å². The van der Waals surface area contributed by atoms with Crippen molar-refractivity contribution in [1.29, 1.82) is 0 Å². The number of rotatable bonds is 10.